The van der Waals surface area contributed by atoms with Gasteiger partial charge >= 0.3 is 0 Å². The highest BCUT2D eigenvalue weighted by Crippen LogP contribution is 2.21. The fourth-order valence-electron chi connectivity index (χ4n) is 1.77. The monoisotopic (exact) mass is 241 g/mol. The van der Waals surface area contributed by atoms with Crippen molar-refractivity contribution in [2.45, 2.75) is 19.3 Å². The van der Waals surface area contributed by atoms with Crippen molar-refractivity contribution in [1.29, 1.82) is 0 Å². The van der Waals surface area contributed by atoms with Crippen LogP contribution in [0.3, 0.4) is 0 Å². The van der Waals surface area contributed by atoms with E-state index in [1.54, 1.807) is 0 Å². The van der Waals surface area contributed by atoms with Gasteiger partial charge in [-0.3, -0.25) is 0 Å². The summed E-state index contributed by atoms with van der Waals surface area (Å²) in [6.07, 6.45) is 2.53. The quantitative estimate of drug-likeness (QED) is 0.734. The molecular formula is C8H16ClNO3S. The first-order chi connectivity index (χ1) is 6.60. The highest BCUT2D eigenvalue weighted by Gasteiger charge is 2.27. The Labute approximate surface area is 89.9 Å². The lowest BCUT2D eigenvalue weighted by Crippen LogP contribution is -2.40. The minimum Gasteiger partial charge on any atom is -0.396 e. The van der Waals surface area contributed by atoms with Crippen molar-refractivity contribution in [3.63, 3.8) is 0 Å². The van der Waals surface area contributed by atoms with Crippen LogP contribution in [0, 0.1) is 5.92 Å². The van der Waals surface area contributed by atoms with Gasteiger partial charge in [-0.1, -0.05) is 0 Å². The minimum atomic E-state index is -3.26. The van der Waals surface area contributed by atoms with Crippen LogP contribution in [-0.4, -0.2) is 42.7 Å². The van der Waals surface area contributed by atoms with Crippen molar-refractivity contribution in [2.24, 2.45) is 5.92 Å². The molecule has 1 N–H and O–H groups in total. The van der Waals surface area contributed by atoms with Gasteiger partial charge in [-0.15, -0.1) is 11.6 Å². The zero-order valence-corrected chi connectivity index (χ0v) is 9.60. The molecule has 0 aromatic rings. The summed E-state index contributed by atoms with van der Waals surface area (Å²) in [6.45, 7) is 1.20. The zero-order chi connectivity index (χ0) is 10.6. The van der Waals surface area contributed by atoms with Crippen molar-refractivity contribution < 1.29 is 13.5 Å². The van der Waals surface area contributed by atoms with Crippen LogP contribution >= 0.6 is 11.6 Å². The van der Waals surface area contributed by atoms with Gasteiger partial charge < -0.3 is 5.11 Å². The molecule has 1 aliphatic heterocycles. The van der Waals surface area contributed by atoms with E-state index in [1.165, 1.54) is 4.31 Å². The van der Waals surface area contributed by atoms with E-state index in [9.17, 15) is 8.42 Å². The topological polar surface area (TPSA) is 57.6 Å². The Balaban J connectivity index is 2.56. The van der Waals surface area contributed by atoms with Gasteiger partial charge in [-0.05, 0) is 25.2 Å². The van der Waals surface area contributed by atoms with Gasteiger partial charge in [-0.25, -0.2) is 12.7 Å². The molecule has 0 saturated carbocycles. The maximum absolute atomic E-state index is 11.4. The molecule has 1 atom stereocenters. The van der Waals surface area contributed by atoms with E-state index < -0.39 is 10.0 Å². The van der Waals surface area contributed by atoms with Crippen LogP contribution in [0.4, 0.5) is 0 Å². The Hall–Kier alpha value is 0.160. The highest BCUT2D eigenvalue weighted by molar-refractivity contribution is 7.90. The number of hydrogen-bond acceptors (Lipinski definition) is 3. The lowest BCUT2D eigenvalue weighted by Gasteiger charge is -2.30. The predicted octanol–water partition coefficient (Wildman–Crippen LogP) is 0.607. The summed E-state index contributed by atoms with van der Waals surface area (Å²) >= 11 is 5.37. The van der Waals surface area contributed by atoms with Crippen molar-refractivity contribution in [3.05, 3.63) is 0 Å². The lowest BCUT2D eigenvalue weighted by atomic mass is 9.97. The third-order valence-electron chi connectivity index (χ3n) is 2.55. The van der Waals surface area contributed by atoms with Crippen LogP contribution in [0.2, 0.25) is 0 Å². The van der Waals surface area contributed by atoms with Gasteiger partial charge in [0.2, 0.25) is 10.0 Å². The number of halogens is 1. The standard InChI is InChI=1S/C8H16ClNO3S/c9-7-14(12,13)10-4-1-2-8(6-10)3-5-11/h8,11H,1-7H2. The predicted molar refractivity (Wildman–Crippen MR) is 55.6 cm³/mol. The van der Waals surface area contributed by atoms with Crippen LogP contribution in [0.25, 0.3) is 0 Å². The van der Waals surface area contributed by atoms with Crippen molar-refractivity contribution in [2.75, 3.05) is 24.9 Å². The van der Waals surface area contributed by atoms with E-state index in [1.807, 2.05) is 0 Å². The van der Waals surface area contributed by atoms with E-state index in [2.05, 4.69) is 0 Å². The normalized spacial score (nSPS) is 25.1. The van der Waals surface area contributed by atoms with Crippen molar-refractivity contribution in [3.8, 4) is 0 Å². The third kappa shape index (κ3) is 3.08. The Morgan fingerprint density at radius 1 is 1.50 bits per heavy atom. The molecule has 0 amide bonds. The summed E-state index contributed by atoms with van der Waals surface area (Å²) < 4.78 is 24.3. The molecule has 1 saturated heterocycles. The zero-order valence-electron chi connectivity index (χ0n) is 8.02. The summed E-state index contributed by atoms with van der Waals surface area (Å²) in [6, 6.07) is 0. The summed E-state index contributed by atoms with van der Waals surface area (Å²) in [7, 11) is -3.26. The molecule has 84 valence electrons. The molecule has 6 heteroatoms. The Morgan fingerprint density at radius 3 is 2.79 bits per heavy atom. The van der Waals surface area contributed by atoms with Gasteiger partial charge in [-0.2, -0.15) is 0 Å². The van der Waals surface area contributed by atoms with Gasteiger partial charge in [0, 0.05) is 19.7 Å². The molecule has 0 spiro atoms. The first-order valence-electron chi connectivity index (χ1n) is 4.75. The highest BCUT2D eigenvalue weighted by atomic mass is 35.5. The van der Waals surface area contributed by atoms with E-state index in [0.29, 0.717) is 19.5 Å². The van der Waals surface area contributed by atoms with Crippen LogP contribution in [0.1, 0.15) is 19.3 Å². The first-order valence-corrected chi connectivity index (χ1v) is 6.89. The molecule has 1 fully saturated rings. The largest absolute Gasteiger partial charge is 0.396 e. The second-order valence-corrected chi connectivity index (χ2v) is 6.15. The van der Waals surface area contributed by atoms with E-state index in [0.717, 1.165) is 12.8 Å². The fourth-order valence-corrected chi connectivity index (χ4v) is 3.16. The maximum Gasteiger partial charge on any atom is 0.228 e. The second kappa shape index (κ2) is 5.30. The number of rotatable bonds is 4. The first kappa shape index (κ1) is 12.2. The second-order valence-electron chi connectivity index (χ2n) is 3.60. The average molecular weight is 242 g/mol. The molecule has 0 aromatic heterocycles. The SMILES string of the molecule is O=S(=O)(CCl)N1CCCC(CCO)C1. The molecule has 0 aromatic carbocycles. The van der Waals surface area contributed by atoms with Crippen molar-refractivity contribution in [1.82, 2.24) is 4.31 Å². The Kier molecular flexibility index (Phi) is 4.63. The number of hydrogen-bond donors (Lipinski definition) is 1. The van der Waals surface area contributed by atoms with Crippen LogP contribution in [0.5, 0.6) is 0 Å². The van der Waals surface area contributed by atoms with Gasteiger partial charge in [0.15, 0.2) is 0 Å². The third-order valence-corrected chi connectivity index (χ3v) is 4.77. The molecule has 1 aliphatic rings. The Morgan fingerprint density at radius 2 is 2.21 bits per heavy atom. The molecule has 14 heavy (non-hydrogen) atoms. The van der Waals surface area contributed by atoms with Crippen LogP contribution in [0.15, 0.2) is 0 Å². The van der Waals surface area contributed by atoms with Gasteiger partial charge in [0.05, 0.1) is 0 Å². The van der Waals surface area contributed by atoms with E-state index >= 15 is 0 Å². The summed E-state index contributed by atoms with van der Waals surface area (Å²) in [5.41, 5.74) is 0. The maximum atomic E-state index is 11.4. The smallest absolute Gasteiger partial charge is 0.228 e. The minimum absolute atomic E-state index is 0.124. The average Bonchev–Trinajstić information content (AvgIpc) is 2.19. The summed E-state index contributed by atoms with van der Waals surface area (Å²) in [5.74, 6) is 0.284. The molecule has 0 bridgehead atoms. The molecule has 0 aliphatic carbocycles. The number of aliphatic hydroxyl groups is 1. The van der Waals surface area contributed by atoms with E-state index in [4.69, 9.17) is 16.7 Å². The molecule has 1 unspecified atom stereocenters. The number of piperidine rings is 1. The lowest BCUT2D eigenvalue weighted by molar-refractivity contribution is 0.203. The fraction of sp³-hybridized carbons (Fsp3) is 1.00. The van der Waals surface area contributed by atoms with Gasteiger partial charge in [0.1, 0.15) is 5.21 Å². The van der Waals surface area contributed by atoms with Crippen LogP contribution in [-0.2, 0) is 10.0 Å². The van der Waals surface area contributed by atoms with Crippen LogP contribution < -0.4 is 0 Å². The molecule has 1 heterocycles. The number of aliphatic hydroxyl groups excluding tert-OH is 1. The van der Waals surface area contributed by atoms with Gasteiger partial charge in [0.25, 0.3) is 0 Å². The van der Waals surface area contributed by atoms with Crippen molar-refractivity contribution >= 4 is 21.6 Å². The molecule has 4 nitrogen and oxygen atoms in total. The number of sulfonamides is 1. The summed E-state index contributed by atoms with van der Waals surface area (Å²) in [4.78, 5) is 0. The number of alkyl halides is 1. The summed E-state index contributed by atoms with van der Waals surface area (Å²) in [5, 5.41) is 8.42. The van der Waals surface area contributed by atoms with E-state index in [-0.39, 0.29) is 17.7 Å². The Bertz CT molecular complexity index is 266. The number of nitrogens with zero attached hydrogens (tertiary/aromatic N) is 1. The molecular weight excluding hydrogens is 226 g/mol. The molecule has 1 rings (SSSR count). The molecule has 0 radical (unpaired) electrons.